The maximum absolute atomic E-state index is 6.04. The van der Waals surface area contributed by atoms with Crippen LogP contribution in [0.5, 0.6) is 5.75 Å². The highest BCUT2D eigenvalue weighted by molar-refractivity contribution is 9.10. The molecule has 100 valence electrons. The lowest BCUT2D eigenvalue weighted by atomic mass is 10.1. The summed E-state index contributed by atoms with van der Waals surface area (Å²) in [4.78, 5) is 4.15. The van der Waals surface area contributed by atoms with Crippen molar-refractivity contribution < 1.29 is 4.74 Å². The van der Waals surface area contributed by atoms with E-state index in [9.17, 15) is 0 Å². The summed E-state index contributed by atoms with van der Waals surface area (Å²) in [5.74, 6) is 0.788. The number of aromatic nitrogens is 1. The van der Waals surface area contributed by atoms with E-state index in [0.717, 1.165) is 21.3 Å². The Labute approximate surface area is 130 Å². The normalized spacial score (nSPS) is 10.6. The van der Waals surface area contributed by atoms with Crippen molar-refractivity contribution in [3.63, 3.8) is 0 Å². The number of aryl methyl sites for hydroxylation is 2. The molecular weight excluding hydrogens is 349 g/mol. The minimum Gasteiger partial charge on any atom is -0.487 e. The molecule has 1 aromatic carbocycles. The molecule has 0 aliphatic rings. The third-order valence-electron chi connectivity index (χ3n) is 2.67. The number of nitrogens with zero attached hydrogens (tertiary/aromatic N) is 1. The first-order valence-electron chi connectivity index (χ1n) is 5.68. The Kier molecular flexibility index (Phi) is 4.71. The number of benzene rings is 1. The van der Waals surface area contributed by atoms with Crippen molar-refractivity contribution >= 4 is 39.1 Å². The molecule has 0 bridgehead atoms. The molecule has 0 saturated carbocycles. The lowest BCUT2D eigenvalue weighted by Gasteiger charge is -2.10. The van der Waals surface area contributed by atoms with Gasteiger partial charge in [-0.2, -0.15) is 0 Å². The Balaban J connectivity index is 2.17. The van der Waals surface area contributed by atoms with E-state index in [1.165, 1.54) is 0 Å². The molecule has 0 radical (unpaired) electrons. The molecule has 0 N–H and O–H groups in total. The van der Waals surface area contributed by atoms with Crippen LogP contribution in [-0.4, -0.2) is 4.98 Å². The van der Waals surface area contributed by atoms with E-state index < -0.39 is 0 Å². The Bertz CT molecular complexity index is 593. The minimum atomic E-state index is 0.292. The molecule has 2 nitrogen and oxygen atoms in total. The van der Waals surface area contributed by atoms with E-state index in [1.807, 2.05) is 26.0 Å². The molecule has 0 amide bonds. The van der Waals surface area contributed by atoms with Crippen molar-refractivity contribution in [1.82, 2.24) is 4.98 Å². The highest BCUT2D eigenvalue weighted by Gasteiger charge is 2.07. The fourth-order valence-corrected chi connectivity index (χ4v) is 2.25. The number of hydrogen-bond acceptors (Lipinski definition) is 2. The number of hydrogen-bond donors (Lipinski definition) is 0. The van der Waals surface area contributed by atoms with Crippen LogP contribution in [0.25, 0.3) is 0 Å². The first kappa shape index (κ1) is 14.6. The first-order valence-corrected chi connectivity index (χ1v) is 7.22. The average Bonchev–Trinajstić information content (AvgIpc) is 2.37. The number of ether oxygens (including phenoxy) is 1. The van der Waals surface area contributed by atoms with Crippen LogP contribution in [-0.2, 0) is 6.61 Å². The van der Waals surface area contributed by atoms with Crippen molar-refractivity contribution in [1.29, 1.82) is 0 Å². The molecule has 5 heteroatoms. The van der Waals surface area contributed by atoms with Gasteiger partial charge in [-0.25, -0.2) is 4.98 Å². The summed E-state index contributed by atoms with van der Waals surface area (Å²) in [6.07, 6.45) is 0. The summed E-state index contributed by atoms with van der Waals surface area (Å²) in [7, 11) is 0. The van der Waals surface area contributed by atoms with Crippen LogP contribution >= 0.6 is 39.1 Å². The van der Waals surface area contributed by atoms with E-state index in [1.54, 1.807) is 12.1 Å². The van der Waals surface area contributed by atoms with Gasteiger partial charge in [0.05, 0.1) is 10.7 Å². The summed E-state index contributed by atoms with van der Waals surface area (Å²) in [6, 6.07) is 7.31. The molecule has 1 aromatic heterocycles. The van der Waals surface area contributed by atoms with Crippen molar-refractivity contribution in [3.8, 4) is 5.75 Å². The van der Waals surface area contributed by atoms with Gasteiger partial charge in [-0.15, -0.1) is 0 Å². The molecule has 2 aromatic rings. The maximum atomic E-state index is 6.04. The molecule has 0 saturated heterocycles. The zero-order valence-corrected chi connectivity index (χ0v) is 13.6. The zero-order valence-electron chi connectivity index (χ0n) is 10.5. The molecule has 0 aliphatic heterocycles. The van der Waals surface area contributed by atoms with Crippen molar-refractivity contribution in [2.75, 3.05) is 0 Å². The molecule has 0 atom stereocenters. The summed E-state index contributed by atoms with van der Waals surface area (Å²) in [6.45, 7) is 4.34. The van der Waals surface area contributed by atoms with Gasteiger partial charge in [0.25, 0.3) is 0 Å². The van der Waals surface area contributed by atoms with Crippen LogP contribution in [0.15, 0.2) is 28.7 Å². The van der Waals surface area contributed by atoms with Gasteiger partial charge in [-0.05, 0) is 49.2 Å². The highest BCUT2D eigenvalue weighted by Crippen LogP contribution is 2.27. The van der Waals surface area contributed by atoms with Crippen LogP contribution in [0, 0.1) is 13.8 Å². The highest BCUT2D eigenvalue weighted by atomic mass is 79.9. The third-order valence-corrected chi connectivity index (χ3v) is 4.48. The smallest absolute Gasteiger partial charge is 0.132 e. The van der Waals surface area contributed by atoms with Gasteiger partial charge in [-0.1, -0.05) is 39.1 Å². The molecule has 0 fully saturated rings. The van der Waals surface area contributed by atoms with Crippen LogP contribution in [0.3, 0.4) is 0 Å². The number of halogens is 3. The predicted octanol–water partition coefficient (Wildman–Crippen LogP) is 5.35. The van der Waals surface area contributed by atoms with E-state index in [0.29, 0.717) is 22.5 Å². The largest absolute Gasteiger partial charge is 0.487 e. The quantitative estimate of drug-likeness (QED) is 0.688. The van der Waals surface area contributed by atoms with E-state index in [4.69, 9.17) is 27.9 Å². The molecule has 0 aliphatic carbocycles. The predicted molar refractivity (Wildman–Crippen MR) is 82.2 cm³/mol. The number of pyridine rings is 1. The Morgan fingerprint density at radius 1 is 1.16 bits per heavy atom. The summed E-state index contributed by atoms with van der Waals surface area (Å²) in [5, 5.41) is 0.959. The zero-order chi connectivity index (χ0) is 14.0. The fraction of sp³-hybridized carbons (Fsp3) is 0.214. The van der Waals surface area contributed by atoms with Gasteiger partial charge in [0.2, 0.25) is 0 Å². The molecule has 0 spiro atoms. The SMILES string of the molecule is Cc1cc(OCc2nc(Cl)ccc2Cl)cc(C)c1Br. The topological polar surface area (TPSA) is 22.1 Å². The maximum Gasteiger partial charge on any atom is 0.132 e. The first-order chi connectivity index (χ1) is 8.97. The molecule has 0 unspecified atom stereocenters. The van der Waals surface area contributed by atoms with E-state index >= 15 is 0 Å². The van der Waals surface area contributed by atoms with Crippen molar-refractivity contribution in [2.24, 2.45) is 0 Å². The Morgan fingerprint density at radius 2 is 1.79 bits per heavy atom. The third kappa shape index (κ3) is 3.62. The molecule has 19 heavy (non-hydrogen) atoms. The monoisotopic (exact) mass is 359 g/mol. The molecular formula is C14H12BrCl2NO. The van der Waals surface area contributed by atoms with Gasteiger partial charge < -0.3 is 4.74 Å². The van der Waals surface area contributed by atoms with Gasteiger partial charge in [0, 0.05) is 4.47 Å². The van der Waals surface area contributed by atoms with Crippen molar-refractivity contribution in [2.45, 2.75) is 20.5 Å². The van der Waals surface area contributed by atoms with Gasteiger partial charge in [0.15, 0.2) is 0 Å². The van der Waals surface area contributed by atoms with Gasteiger partial charge in [0.1, 0.15) is 17.5 Å². The lowest BCUT2D eigenvalue weighted by Crippen LogP contribution is -2.00. The van der Waals surface area contributed by atoms with Gasteiger partial charge in [-0.3, -0.25) is 0 Å². The lowest BCUT2D eigenvalue weighted by molar-refractivity contribution is 0.301. The van der Waals surface area contributed by atoms with Crippen molar-refractivity contribution in [3.05, 3.63) is 55.7 Å². The fourth-order valence-electron chi connectivity index (χ4n) is 1.70. The molecule has 2 rings (SSSR count). The van der Waals surface area contributed by atoms with Crippen LogP contribution < -0.4 is 4.74 Å². The Hall–Kier alpha value is -0.770. The second-order valence-corrected chi connectivity index (χ2v) is 5.81. The average molecular weight is 361 g/mol. The molecule has 1 heterocycles. The van der Waals surface area contributed by atoms with Crippen LogP contribution in [0.4, 0.5) is 0 Å². The second kappa shape index (κ2) is 6.12. The summed E-state index contributed by atoms with van der Waals surface area (Å²) < 4.78 is 6.81. The second-order valence-electron chi connectivity index (χ2n) is 4.22. The minimum absolute atomic E-state index is 0.292. The summed E-state index contributed by atoms with van der Waals surface area (Å²) in [5.41, 5.74) is 2.88. The standard InChI is InChI=1S/C14H12BrCl2NO/c1-8-5-10(6-9(2)14(8)15)19-7-12-11(16)3-4-13(17)18-12/h3-6H,7H2,1-2H3. The number of rotatable bonds is 3. The van der Waals surface area contributed by atoms with E-state index in [2.05, 4.69) is 20.9 Å². The van der Waals surface area contributed by atoms with Crippen LogP contribution in [0.2, 0.25) is 10.2 Å². The van der Waals surface area contributed by atoms with Gasteiger partial charge >= 0.3 is 0 Å². The van der Waals surface area contributed by atoms with Crippen LogP contribution in [0.1, 0.15) is 16.8 Å². The Morgan fingerprint density at radius 3 is 2.42 bits per heavy atom. The summed E-state index contributed by atoms with van der Waals surface area (Å²) >= 11 is 15.4. The van der Waals surface area contributed by atoms with E-state index in [-0.39, 0.29) is 0 Å².